The molecule has 2 aromatic rings. The Morgan fingerprint density at radius 3 is 2.88 bits per heavy atom. The third-order valence-corrected chi connectivity index (χ3v) is 5.57. The summed E-state index contributed by atoms with van der Waals surface area (Å²) in [5.41, 5.74) is 1.75. The Kier molecular flexibility index (Phi) is 4.22. The van der Waals surface area contributed by atoms with Gasteiger partial charge >= 0.3 is 0 Å². The van der Waals surface area contributed by atoms with Crippen LogP contribution in [0.3, 0.4) is 0 Å². The normalized spacial score (nSPS) is 25.2. The van der Waals surface area contributed by atoms with Gasteiger partial charge in [-0.25, -0.2) is 0 Å². The van der Waals surface area contributed by atoms with Gasteiger partial charge in [-0.2, -0.15) is 0 Å². The number of amides is 2. The Bertz CT molecular complexity index is 953. The average molecular weight is 391 g/mol. The topological polar surface area (TPSA) is 64.6 Å². The molecule has 26 heavy (non-hydrogen) atoms. The quantitative estimate of drug-likeness (QED) is 0.825. The summed E-state index contributed by atoms with van der Waals surface area (Å²) in [6, 6.07) is 10.8. The molecule has 134 valence electrons. The summed E-state index contributed by atoms with van der Waals surface area (Å²) in [6.07, 6.45) is 0.480. The molecule has 1 N–H and O–H groups in total. The number of fused-ring (bicyclic) bond motifs is 1. The van der Waals surface area contributed by atoms with Crippen molar-refractivity contribution in [3.8, 4) is 17.2 Å². The van der Waals surface area contributed by atoms with E-state index >= 15 is 0 Å². The molecule has 0 aromatic heterocycles. The van der Waals surface area contributed by atoms with Gasteiger partial charge in [0, 0.05) is 12.0 Å². The Morgan fingerprint density at radius 1 is 1.31 bits per heavy atom. The molecular weight excluding hydrogens is 374 g/mol. The molecule has 2 atom stereocenters. The smallest absolute Gasteiger partial charge is 0.286 e. The molecule has 1 unspecified atom stereocenters. The number of hydrogen-bond donors (Lipinski definition) is 1. The monoisotopic (exact) mass is 390 g/mol. The van der Waals surface area contributed by atoms with Crippen LogP contribution in [0, 0.1) is 6.92 Å². The van der Waals surface area contributed by atoms with Gasteiger partial charge < -0.3 is 9.47 Å². The number of ether oxygens (including phenoxy) is 2. The summed E-state index contributed by atoms with van der Waals surface area (Å²) in [7, 11) is 0. The molecular formula is C19H16ClNO4S. The van der Waals surface area contributed by atoms with Gasteiger partial charge in [0.1, 0.15) is 22.5 Å². The van der Waals surface area contributed by atoms with Gasteiger partial charge in [-0.05, 0) is 42.7 Å². The van der Waals surface area contributed by atoms with Crippen LogP contribution in [0.4, 0.5) is 4.79 Å². The van der Waals surface area contributed by atoms with Gasteiger partial charge in [0.25, 0.3) is 5.24 Å². The number of imide groups is 1. The van der Waals surface area contributed by atoms with Crippen molar-refractivity contribution in [1.29, 1.82) is 0 Å². The van der Waals surface area contributed by atoms with E-state index in [0.717, 1.165) is 22.9 Å². The number of halogens is 1. The van der Waals surface area contributed by atoms with E-state index in [1.165, 1.54) is 0 Å². The van der Waals surface area contributed by atoms with Gasteiger partial charge in [0.15, 0.2) is 0 Å². The van der Waals surface area contributed by atoms with Gasteiger partial charge in [-0.3, -0.25) is 14.9 Å². The van der Waals surface area contributed by atoms with Crippen LogP contribution in [0.2, 0.25) is 5.02 Å². The number of carbonyl (C=O) groups is 2. The standard InChI is InChI=1S/C19H16ClNO4S/c1-10-2-5-15(14(20)8-10)25-11-3-4-12-13(6-7-24-16(12)9-11)17-18(22)21-19(23)26-17/h2-5,8-9,13,17H,6-7H2,1H3,(H,21,22,23)/t13?,17-/m0/s1/i17D. The van der Waals surface area contributed by atoms with Crippen molar-refractivity contribution in [3.05, 3.63) is 52.5 Å². The Morgan fingerprint density at radius 2 is 2.15 bits per heavy atom. The molecule has 2 aromatic carbocycles. The van der Waals surface area contributed by atoms with Crippen molar-refractivity contribution in [2.24, 2.45) is 0 Å². The van der Waals surface area contributed by atoms with E-state index in [9.17, 15) is 9.59 Å². The van der Waals surface area contributed by atoms with Gasteiger partial charge in [0.05, 0.1) is 13.0 Å². The lowest BCUT2D eigenvalue weighted by Crippen LogP contribution is -2.31. The molecule has 0 bridgehead atoms. The van der Waals surface area contributed by atoms with E-state index in [-0.39, 0.29) is 0 Å². The van der Waals surface area contributed by atoms with Gasteiger partial charge in [-0.15, -0.1) is 0 Å². The summed E-state index contributed by atoms with van der Waals surface area (Å²) in [6.45, 7) is 2.30. The van der Waals surface area contributed by atoms with Crippen LogP contribution in [-0.4, -0.2) is 23.0 Å². The number of thioether (sulfide) groups is 1. The number of aryl methyl sites for hydroxylation is 1. The van der Waals surface area contributed by atoms with E-state index in [1.54, 1.807) is 24.3 Å². The van der Waals surface area contributed by atoms with Crippen LogP contribution >= 0.6 is 23.4 Å². The first-order valence-electron chi connectivity index (χ1n) is 8.62. The van der Waals surface area contributed by atoms with E-state index in [4.69, 9.17) is 22.4 Å². The number of hydrogen-bond acceptors (Lipinski definition) is 5. The fraction of sp³-hybridized carbons (Fsp3) is 0.263. The number of nitrogens with one attached hydrogen (secondary N) is 1. The molecule has 2 aliphatic rings. The maximum atomic E-state index is 12.2. The zero-order valence-electron chi connectivity index (χ0n) is 14.9. The van der Waals surface area contributed by atoms with E-state index in [2.05, 4.69) is 5.32 Å². The predicted molar refractivity (Wildman–Crippen MR) is 100 cm³/mol. The highest BCUT2D eigenvalue weighted by Gasteiger charge is 2.40. The molecule has 0 radical (unpaired) electrons. The minimum absolute atomic E-state index is 0.356. The molecule has 0 spiro atoms. The summed E-state index contributed by atoms with van der Waals surface area (Å²) < 4.78 is 20.1. The first kappa shape index (κ1) is 16.0. The molecule has 7 heteroatoms. The Labute approximate surface area is 161 Å². The molecule has 0 saturated carbocycles. The molecule has 2 aliphatic heterocycles. The van der Waals surface area contributed by atoms with Crippen molar-refractivity contribution in [1.82, 2.24) is 5.32 Å². The SMILES string of the molecule is [2H][C@@]1(C2CCOc3cc(Oc4ccc(C)cc4Cl)ccc32)SC(=O)NC1=O. The second-order valence-electron chi connectivity index (χ2n) is 6.13. The van der Waals surface area contributed by atoms with Gasteiger partial charge in [-0.1, -0.05) is 35.5 Å². The maximum absolute atomic E-state index is 12.2. The predicted octanol–water partition coefficient (Wildman–Crippen LogP) is 4.66. The first-order valence-corrected chi connectivity index (χ1v) is 9.31. The summed E-state index contributed by atoms with van der Waals surface area (Å²) in [4.78, 5) is 23.8. The lowest BCUT2D eigenvalue weighted by molar-refractivity contribution is -0.119. The minimum Gasteiger partial charge on any atom is -0.493 e. The van der Waals surface area contributed by atoms with E-state index < -0.39 is 22.3 Å². The van der Waals surface area contributed by atoms with Crippen molar-refractivity contribution in [2.45, 2.75) is 24.5 Å². The third-order valence-electron chi connectivity index (χ3n) is 4.30. The van der Waals surface area contributed by atoms with Crippen LogP contribution in [-0.2, 0) is 4.79 Å². The summed E-state index contributed by atoms with van der Waals surface area (Å²) in [5.74, 6) is 0.588. The van der Waals surface area contributed by atoms with Crippen molar-refractivity contribution in [2.75, 3.05) is 6.61 Å². The molecule has 4 rings (SSSR count). The average Bonchev–Trinajstić information content (AvgIpc) is 2.89. The molecule has 2 heterocycles. The summed E-state index contributed by atoms with van der Waals surface area (Å²) in [5, 5.41) is 0.642. The zero-order valence-corrected chi connectivity index (χ0v) is 15.4. The second kappa shape index (κ2) is 6.85. The number of carbonyl (C=O) groups excluding carboxylic acids is 2. The van der Waals surface area contributed by atoms with Crippen molar-refractivity contribution in [3.63, 3.8) is 0 Å². The number of benzene rings is 2. The van der Waals surface area contributed by atoms with Crippen LogP contribution in [0.1, 0.15) is 24.8 Å². The molecule has 0 aliphatic carbocycles. The minimum atomic E-state index is -1.59. The van der Waals surface area contributed by atoms with Crippen molar-refractivity contribution < 1.29 is 20.4 Å². The molecule has 1 saturated heterocycles. The lowest BCUT2D eigenvalue weighted by Gasteiger charge is -2.28. The van der Waals surface area contributed by atoms with E-state index in [1.807, 2.05) is 19.1 Å². The second-order valence-corrected chi connectivity index (χ2v) is 7.56. The summed E-state index contributed by atoms with van der Waals surface area (Å²) >= 11 is 6.94. The highest BCUT2D eigenvalue weighted by atomic mass is 35.5. The fourth-order valence-corrected chi connectivity index (χ4v) is 4.22. The lowest BCUT2D eigenvalue weighted by atomic mass is 9.89. The molecule has 1 fully saturated rings. The molecule has 5 nitrogen and oxygen atoms in total. The van der Waals surface area contributed by atoms with E-state index in [0.29, 0.717) is 35.3 Å². The highest BCUT2D eigenvalue weighted by molar-refractivity contribution is 8.15. The van der Waals surface area contributed by atoms with Crippen molar-refractivity contribution >= 4 is 34.5 Å². The zero-order chi connectivity index (χ0) is 19.2. The highest BCUT2D eigenvalue weighted by Crippen LogP contribution is 2.43. The largest absolute Gasteiger partial charge is 0.493 e. The maximum Gasteiger partial charge on any atom is 0.286 e. The van der Waals surface area contributed by atoms with Gasteiger partial charge in [0.2, 0.25) is 5.91 Å². The Balaban J connectivity index is 1.64. The van der Waals surface area contributed by atoms with Crippen LogP contribution in [0.25, 0.3) is 0 Å². The Hall–Kier alpha value is -2.18. The number of rotatable bonds is 3. The molecule has 2 amide bonds. The first-order chi connectivity index (χ1) is 12.9. The van der Waals surface area contributed by atoms with Crippen LogP contribution in [0.5, 0.6) is 17.2 Å². The fourth-order valence-electron chi connectivity index (χ4n) is 3.08. The third kappa shape index (κ3) is 3.27. The van der Waals surface area contributed by atoms with Crippen LogP contribution in [0.15, 0.2) is 36.4 Å². The van der Waals surface area contributed by atoms with Crippen LogP contribution < -0.4 is 14.8 Å².